The zero-order valence-corrected chi connectivity index (χ0v) is 14.7. The fourth-order valence-electron chi connectivity index (χ4n) is 3.52. The number of aromatic nitrogens is 3. The summed E-state index contributed by atoms with van der Waals surface area (Å²) in [6.45, 7) is 1.57. The van der Waals surface area contributed by atoms with Crippen LogP contribution >= 0.6 is 0 Å². The van der Waals surface area contributed by atoms with Crippen LogP contribution in [0.4, 0.5) is 0 Å². The molecule has 2 heterocycles. The topological polar surface area (TPSA) is 51.0 Å². The number of hydrogen-bond acceptors (Lipinski definition) is 3. The van der Waals surface area contributed by atoms with Gasteiger partial charge in [0.15, 0.2) is 5.69 Å². The molecule has 0 bridgehead atoms. The van der Waals surface area contributed by atoms with Crippen molar-refractivity contribution in [2.24, 2.45) is 5.92 Å². The molecule has 0 unspecified atom stereocenters. The minimum atomic E-state index is -0.0228. The molecule has 1 saturated heterocycles. The molecule has 4 rings (SSSR count). The van der Waals surface area contributed by atoms with Crippen LogP contribution in [0.2, 0.25) is 0 Å². The van der Waals surface area contributed by atoms with Crippen LogP contribution in [0.3, 0.4) is 0 Å². The highest BCUT2D eigenvalue weighted by atomic mass is 16.2. The van der Waals surface area contributed by atoms with E-state index in [1.165, 1.54) is 5.56 Å². The maximum atomic E-state index is 12.7. The van der Waals surface area contributed by atoms with E-state index in [9.17, 15) is 4.79 Å². The highest BCUT2D eigenvalue weighted by Crippen LogP contribution is 2.22. The number of piperidine rings is 1. The van der Waals surface area contributed by atoms with Crippen LogP contribution in [0.25, 0.3) is 5.69 Å². The van der Waals surface area contributed by atoms with Crippen molar-refractivity contribution >= 4 is 5.91 Å². The van der Waals surface area contributed by atoms with Gasteiger partial charge in [-0.2, -0.15) is 0 Å². The molecule has 26 heavy (non-hydrogen) atoms. The molecule has 0 aliphatic carbocycles. The SMILES string of the molecule is O=C(c1cn(-c2ccccc2)nn1)N1CCC(Cc2ccccc2)CC1. The molecular weight excluding hydrogens is 324 g/mol. The lowest BCUT2D eigenvalue weighted by molar-refractivity contribution is 0.0684. The largest absolute Gasteiger partial charge is 0.337 e. The van der Waals surface area contributed by atoms with E-state index < -0.39 is 0 Å². The van der Waals surface area contributed by atoms with E-state index in [2.05, 4.69) is 34.6 Å². The smallest absolute Gasteiger partial charge is 0.276 e. The van der Waals surface area contributed by atoms with E-state index in [1.54, 1.807) is 10.9 Å². The third-order valence-corrected chi connectivity index (χ3v) is 5.00. The van der Waals surface area contributed by atoms with Crippen LogP contribution in [0, 0.1) is 5.92 Å². The zero-order chi connectivity index (χ0) is 17.8. The number of nitrogens with zero attached hydrogens (tertiary/aromatic N) is 4. The lowest BCUT2D eigenvalue weighted by atomic mass is 9.90. The van der Waals surface area contributed by atoms with Crippen LogP contribution in [-0.4, -0.2) is 38.9 Å². The van der Waals surface area contributed by atoms with Gasteiger partial charge in [0.2, 0.25) is 0 Å². The Balaban J connectivity index is 1.36. The van der Waals surface area contributed by atoms with Gasteiger partial charge < -0.3 is 4.90 Å². The van der Waals surface area contributed by atoms with Gasteiger partial charge in [-0.25, -0.2) is 4.68 Å². The number of carbonyl (C=O) groups is 1. The molecule has 1 amide bonds. The van der Waals surface area contributed by atoms with Gasteiger partial charge in [-0.1, -0.05) is 53.7 Å². The number of para-hydroxylation sites is 1. The zero-order valence-electron chi connectivity index (χ0n) is 14.7. The minimum Gasteiger partial charge on any atom is -0.337 e. The fraction of sp³-hybridized carbons (Fsp3) is 0.286. The molecule has 3 aromatic rings. The van der Waals surface area contributed by atoms with Gasteiger partial charge in [-0.15, -0.1) is 5.10 Å². The first-order chi connectivity index (χ1) is 12.8. The molecule has 0 saturated carbocycles. The monoisotopic (exact) mass is 346 g/mol. The van der Waals surface area contributed by atoms with Gasteiger partial charge in [-0.05, 0) is 42.9 Å². The number of likely N-dealkylation sites (tertiary alicyclic amines) is 1. The Morgan fingerprint density at radius 1 is 0.962 bits per heavy atom. The summed E-state index contributed by atoms with van der Waals surface area (Å²) < 4.78 is 1.65. The van der Waals surface area contributed by atoms with Crippen molar-refractivity contribution in [1.29, 1.82) is 0 Å². The number of hydrogen-bond donors (Lipinski definition) is 0. The van der Waals surface area contributed by atoms with Gasteiger partial charge >= 0.3 is 0 Å². The summed E-state index contributed by atoms with van der Waals surface area (Å²) in [5.41, 5.74) is 2.69. The molecule has 1 fully saturated rings. The first kappa shape index (κ1) is 16.5. The number of carbonyl (C=O) groups excluding carboxylic acids is 1. The lowest BCUT2D eigenvalue weighted by Gasteiger charge is -2.31. The Labute approximate surface area is 153 Å². The van der Waals surface area contributed by atoms with E-state index in [1.807, 2.05) is 41.3 Å². The number of benzene rings is 2. The van der Waals surface area contributed by atoms with Crippen molar-refractivity contribution in [2.75, 3.05) is 13.1 Å². The van der Waals surface area contributed by atoms with Crippen LogP contribution in [-0.2, 0) is 6.42 Å². The second kappa shape index (κ2) is 7.52. The molecule has 5 heteroatoms. The quantitative estimate of drug-likeness (QED) is 0.728. The summed E-state index contributed by atoms with van der Waals surface area (Å²) in [5, 5.41) is 8.17. The normalized spacial score (nSPS) is 15.2. The molecule has 5 nitrogen and oxygen atoms in total. The van der Waals surface area contributed by atoms with Crippen LogP contribution in [0.5, 0.6) is 0 Å². The van der Waals surface area contributed by atoms with Gasteiger partial charge in [0.05, 0.1) is 11.9 Å². The average molecular weight is 346 g/mol. The summed E-state index contributed by atoms with van der Waals surface area (Å²) in [6.07, 6.45) is 4.88. The van der Waals surface area contributed by atoms with Crippen molar-refractivity contribution < 1.29 is 4.79 Å². The Bertz CT molecular complexity index is 852. The standard InChI is InChI=1S/C21H22N4O/c26-21(20-16-25(23-22-20)19-9-5-2-6-10-19)24-13-11-18(12-14-24)15-17-7-3-1-4-8-17/h1-10,16,18H,11-15H2. The Morgan fingerprint density at radius 2 is 1.62 bits per heavy atom. The van der Waals surface area contributed by atoms with Crippen molar-refractivity contribution in [3.05, 3.63) is 78.1 Å². The molecule has 1 aliphatic heterocycles. The van der Waals surface area contributed by atoms with E-state index in [0.717, 1.165) is 38.0 Å². The van der Waals surface area contributed by atoms with Crippen molar-refractivity contribution in [3.63, 3.8) is 0 Å². The summed E-state index contributed by atoms with van der Waals surface area (Å²) >= 11 is 0. The maximum Gasteiger partial charge on any atom is 0.276 e. The second-order valence-corrected chi connectivity index (χ2v) is 6.81. The third kappa shape index (κ3) is 3.67. The van der Waals surface area contributed by atoms with Crippen LogP contribution in [0.15, 0.2) is 66.9 Å². The molecule has 0 spiro atoms. The van der Waals surface area contributed by atoms with Crippen molar-refractivity contribution in [1.82, 2.24) is 19.9 Å². The van der Waals surface area contributed by atoms with Crippen LogP contribution in [0.1, 0.15) is 28.9 Å². The molecule has 132 valence electrons. The summed E-state index contributed by atoms with van der Waals surface area (Å²) in [7, 11) is 0. The number of rotatable bonds is 4. The highest BCUT2D eigenvalue weighted by molar-refractivity contribution is 5.92. The van der Waals surface area contributed by atoms with E-state index in [4.69, 9.17) is 0 Å². The molecule has 0 N–H and O–H groups in total. The average Bonchev–Trinajstić information content (AvgIpc) is 3.20. The highest BCUT2D eigenvalue weighted by Gasteiger charge is 2.25. The van der Waals surface area contributed by atoms with Gasteiger partial charge in [0.1, 0.15) is 0 Å². The summed E-state index contributed by atoms with van der Waals surface area (Å²) in [4.78, 5) is 14.6. The molecule has 0 radical (unpaired) electrons. The molecule has 1 aromatic heterocycles. The van der Waals surface area contributed by atoms with Gasteiger partial charge in [-0.3, -0.25) is 4.79 Å². The Hall–Kier alpha value is -2.95. The van der Waals surface area contributed by atoms with Crippen molar-refractivity contribution in [2.45, 2.75) is 19.3 Å². The first-order valence-corrected chi connectivity index (χ1v) is 9.10. The predicted octanol–water partition coefficient (Wildman–Crippen LogP) is 3.36. The Morgan fingerprint density at radius 3 is 2.31 bits per heavy atom. The van der Waals surface area contributed by atoms with Gasteiger partial charge in [0, 0.05) is 13.1 Å². The summed E-state index contributed by atoms with van der Waals surface area (Å²) in [6, 6.07) is 20.3. The van der Waals surface area contributed by atoms with E-state index >= 15 is 0 Å². The second-order valence-electron chi connectivity index (χ2n) is 6.81. The molecular formula is C21H22N4O. The number of amides is 1. The minimum absolute atomic E-state index is 0.0228. The molecule has 1 aliphatic rings. The fourth-order valence-corrected chi connectivity index (χ4v) is 3.52. The summed E-state index contributed by atoms with van der Waals surface area (Å²) in [5.74, 6) is 0.617. The molecule has 2 aromatic carbocycles. The van der Waals surface area contributed by atoms with Crippen LogP contribution < -0.4 is 0 Å². The van der Waals surface area contributed by atoms with Gasteiger partial charge in [0.25, 0.3) is 5.91 Å². The third-order valence-electron chi connectivity index (χ3n) is 5.00. The maximum absolute atomic E-state index is 12.7. The first-order valence-electron chi connectivity index (χ1n) is 9.10. The van der Waals surface area contributed by atoms with Crippen molar-refractivity contribution in [3.8, 4) is 5.69 Å². The van der Waals surface area contributed by atoms with E-state index in [0.29, 0.717) is 11.6 Å². The van der Waals surface area contributed by atoms with E-state index in [-0.39, 0.29) is 5.91 Å². The molecule has 0 atom stereocenters. The Kier molecular flexibility index (Phi) is 4.78. The predicted molar refractivity (Wildman–Crippen MR) is 100 cm³/mol. The lowest BCUT2D eigenvalue weighted by Crippen LogP contribution is -2.39.